The lowest BCUT2D eigenvalue weighted by Gasteiger charge is -2.32. The first-order valence-corrected chi connectivity index (χ1v) is 12.6. The third kappa shape index (κ3) is 5.13. The Bertz CT molecular complexity index is 1250. The van der Waals surface area contributed by atoms with Gasteiger partial charge in [-0.3, -0.25) is 9.80 Å². The predicted octanol–water partition coefficient (Wildman–Crippen LogP) is 4.30. The summed E-state index contributed by atoms with van der Waals surface area (Å²) >= 11 is 0. The molecule has 0 unspecified atom stereocenters. The fourth-order valence-corrected chi connectivity index (χ4v) is 5.48. The molecule has 1 saturated heterocycles. The normalized spacial score (nSPS) is 17.1. The van der Waals surface area contributed by atoms with E-state index in [1.165, 1.54) is 23.0 Å². The Morgan fingerprint density at radius 2 is 1.64 bits per heavy atom. The van der Waals surface area contributed by atoms with E-state index >= 15 is 0 Å². The maximum absolute atomic E-state index is 12.5. The topological polar surface area (TPSA) is 75.4 Å². The van der Waals surface area contributed by atoms with Gasteiger partial charge in [0.05, 0.1) is 19.8 Å². The van der Waals surface area contributed by atoms with Crippen LogP contribution in [0.3, 0.4) is 0 Å². The molecule has 7 nitrogen and oxygen atoms in total. The zero-order valence-electron chi connectivity index (χ0n) is 21.0. The lowest BCUT2D eigenvalue weighted by atomic mass is 9.89. The average Bonchev–Trinajstić information content (AvgIpc) is 2.92. The van der Waals surface area contributed by atoms with Gasteiger partial charge >= 0.3 is 5.63 Å². The monoisotopic (exact) mass is 490 g/mol. The lowest BCUT2D eigenvalue weighted by molar-refractivity contribution is 0.198. The Labute approximate surface area is 211 Å². The molecule has 7 heteroatoms. The van der Waals surface area contributed by atoms with Crippen molar-refractivity contribution in [1.29, 1.82) is 0 Å². The molecule has 2 aliphatic rings. The standard InChI is InChI=1S/C29H34N2O5/c1-34-26-14-22-10-13-31(16-23(22)15-27(26)35-2)17-24-19-36-29(33)25(28(24)32)18-30-11-8-21(9-12-30)20-6-4-3-5-7-20/h3-7,14-15,19,21,32H,8-13,16-18H2,1-2H3. The minimum absolute atomic E-state index is 0.0644. The van der Waals surface area contributed by atoms with E-state index in [0.717, 1.165) is 51.2 Å². The molecule has 2 aromatic carbocycles. The predicted molar refractivity (Wildman–Crippen MR) is 138 cm³/mol. The number of benzene rings is 2. The zero-order valence-corrected chi connectivity index (χ0v) is 21.0. The highest BCUT2D eigenvalue weighted by Gasteiger charge is 2.25. The second kappa shape index (κ2) is 10.8. The summed E-state index contributed by atoms with van der Waals surface area (Å²) in [6.07, 6.45) is 4.36. The quantitative estimate of drug-likeness (QED) is 0.529. The molecular weight excluding hydrogens is 456 g/mol. The van der Waals surface area contributed by atoms with Crippen molar-refractivity contribution in [2.45, 2.75) is 44.8 Å². The molecule has 0 amide bonds. The Balaban J connectivity index is 1.25. The van der Waals surface area contributed by atoms with Crippen LogP contribution in [0.2, 0.25) is 0 Å². The smallest absolute Gasteiger partial charge is 0.343 e. The van der Waals surface area contributed by atoms with Crippen molar-refractivity contribution in [3.63, 3.8) is 0 Å². The van der Waals surface area contributed by atoms with Crippen molar-refractivity contribution in [3.8, 4) is 17.2 Å². The zero-order chi connectivity index (χ0) is 25.1. The molecule has 0 saturated carbocycles. The molecule has 190 valence electrons. The van der Waals surface area contributed by atoms with E-state index in [9.17, 15) is 9.90 Å². The Kier molecular flexibility index (Phi) is 7.30. The van der Waals surface area contributed by atoms with Crippen LogP contribution >= 0.6 is 0 Å². The first kappa shape index (κ1) is 24.4. The maximum Gasteiger partial charge on any atom is 0.343 e. The van der Waals surface area contributed by atoms with E-state index in [1.807, 2.05) is 18.2 Å². The van der Waals surface area contributed by atoms with Gasteiger partial charge in [-0.1, -0.05) is 30.3 Å². The molecule has 0 aliphatic carbocycles. The number of piperidine rings is 1. The van der Waals surface area contributed by atoms with Crippen molar-refractivity contribution in [2.24, 2.45) is 0 Å². The largest absolute Gasteiger partial charge is 0.507 e. The second-order valence-corrected chi connectivity index (χ2v) is 9.77. The molecule has 3 heterocycles. The van der Waals surface area contributed by atoms with Gasteiger partial charge in [0.25, 0.3) is 0 Å². The van der Waals surface area contributed by atoms with Crippen LogP contribution in [0.25, 0.3) is 0 Å². The van der Waals surface area contributed by atoms with E-state index in [1.54, 1.807) is 14.2 Å². The van der Waals surface area contributed by atoms with Crippen LogP contribution < -0.4 is 15.1 Å². The third-order valence-corrected chi connectivity index (χ3v) is 7.58. The van der Waals surface area contributed by atoms with Crippen LogP contribution in [0.5, 0.6) is 17.2 Å². The van der Waals surface area contributed by atoms with Crippen molar-refractivity contribution < 1.29 is 19.0 Å². The molecule has 1 fully saturated rings. The number of aromatic hydroxyl groups is 1. The highest BCUT2D eigenvalue weighted by Crippen LogP contribution is 2.34. The van der Waals surface area contributed by atoms with Gasteiger partial charge < -0.3 is 19.0 Å². The van der Waals surface area contributed by atoms with Gasteiger partial charge in [0, 0.05) is 31.7 Å². The van der Waals surface area contributed by atoms with Crippen molar-refractivity contribution in [2.75, 3.05) is 33.9 Å². The molecule has 1 aromatic heterocycles. The van der Waals surface area contributed by atoms with Gasteiger partial charge in [-0.05, 0) is 67.1 Å². The summed E-state index contributed by atoms with van der Waals surface area (Å²) < 4.78 is 16.3. The van der Waals surface area contributed by atoms with Gasteiger partial charge in [-0.2, -0.15) is 0 Å². The minimum Gasteiger partial charge on any atom is -0.507 e. The first-order valence-electron chi connectivity index (χ1n) is 12.6. The summed E-state index contributed by atoms with van der Waals surface area (Å²) in [6.45, 7) is 4.24. The number of nitrogens with zero attached hydrogens (tertiary/aromatic N) is 2. The van der Waals surface area contributed by atoms with Gasteiger partial charge in [-0.15, -0.1) is 0 Å². The molecule has 0 spiro atoms. The number of hydrogen-bond acceptors (Lipinski definition) is 7. The van der Waals surface area contributed by atoms with Crippen LogP contribution in [0.1, 0.15) is 46.6 Å². The Hall–Kier alpha value is -3.29. The van der Waals surface area contributed by atoms with Crippen molar-refractivity contribution in [3.05, 3.63) is 87.0 Å². The minimum atomic E-state index is -0.456. The summed E-state index contributed by atoms with van der Waals surface area (Å²) in [5, 5.41) is 11.1. The summed E-state index contributed by atoms with van der Waals surface area (Å²) in [7, 11) is 3.29. The number of rotatable bonds is 7. The highest BCUT2D eigenvalue weighted by atomic mass is 16.5. The van der Waals surface area contributed by atoms with Crippen LogP contribution in [0, 0.1) is 0 Å². The molecular formula is C29H34N2O5. The lowest BCUT2D eigenvalue weighted by Crippen LogP contribution is -2.34. The molecule has 0 radical (unpaired) electrons. The van der Waals surface area contributed by atoms with Gasteiger partial charge in [0.15, 0.2) is 11.5 Å². The van der Waals surface area contributed by atoms with Crippen molar-refractivity contribution >= 4 is 0 Å². The Morgan fingerprint density at radius 1 is 0.944 bits per heavy atom. The second-order valence-electron chi connectivity index (χ2n) is 9.77. The van der Waals surface area contributed by atoms with E-state index in [4.69, 9.17) is 13.9 Å². The molecule has 0 atom stereocenters. The molecule has 2 aliphatic heterocycles. The molecule has 5 rings (SSSR count). The molecule has 0 bridgehead atoms. The number of fused-ring (bicyclic) bond motifs is 1. The van der Waals surface area contributed by atoms with Gasteiger partial charge in [0.2, 0.25) is 0 Å². The van der Waals surface area contributed by atoms with Gasteiger partial charge in [-0.25, -0.2) is 4.79 Å². The maximum atomic E-state index is 12.5. The van der Waals surface area contributed by atoms with E-state index < -0.39 is 5.63 Å². The van der Waals surface area contributed by atoms with E-state index in [2.05, 4.69) is 34.1 Å². The van der Waals surface area contributed by atoms with Crippen molar-refractivity contribution in [1.82, 2.24) is 9.80 Å². The van der Waals surface area contributed by atoms with E-state index in [-0.39, 0.29) is 5.75 Å². The summed E-state index contributed by atoms with van der Waals surface area (Å²) in [5.74, 6) is 2.06. The number of likely N-dealkylation sites (tertiary alicyclic amines) is 1. The Morgan fingerprint density at radius 3 is 2.33 bits per heavy atom. The van der Waals surface area contributed by atoms with Crippen LogP contribution in [-0.4, -0.2) is 48.8 Å². The van der Waals surface area contributed by atoms with Crippen LogP contribution in [0.4, 0.5) is 0 Å². The summed E-state index contributed by atoms with van der Waals surface area (Å²) in [4.78, 5) is 17.0. The van der Waals surface area contributed by atoms with E-state index in [0.29, 0.717) is 35.9 Å². The first-order chi connectivity index (χ1) is 17.6. The van der Waals surface area contributed by atoms with Crippen LogP contribution in [0.15, 0.2) is 57.9 Å². The summed E-state index contributed by atoms with van der Waals surface area (Å²) in [6, 6.07) is 14.7. The number of methoxy groups -OCH3 is 2. The number of hydrogen-bond donors (Lipinski definition) is 1. The molecule has 1 N–H and O–H groups in total. The fourth-order valence-electron chi connectivity index (χ4n) is 5.48. The SMILES string of the molecule is COc1cc2c(cc1OC)CN(Cc1coc(=O)c(CN3CCC(c4ccccc4)CC3)c1O)CC2. The average molecular weight is 491 g/mol. The molecule has 3 aromatic rings. The number of ether oxygens (including phenoxy) is 2. The highest BCUT2D eigenvalue weighted by molar-refractivity contribution is 5.48. The fraction of sp³-hybridized carbons (Fsp3) is 0.414. The summed E-state index contributed by atoms with van der Waals surface area (Å²) in [5.41, 5.74) is 4.34. The third-order valence-electron chi connectivity index (χ3n) is 7.58. The van der Waals surface area contributed by atoms with Crippen LogP contribution in [-0.2, 0) is 26.1 Å². The van der Waals surface area contributed by atoms with Gasteiger partial charge in [0.1, 0.15) is 12.0 Å². The molecule has 36 heavy (non-hydrogen) atoms.